The van der Waals surface area contributed by atoms with Gasteiger partial charge in [-0.25, -0.2) is 0 Å². The van der Waals surface area contributed by atoms with E-state index in [4.69, 9.17) is 5.73 Å². The number of nitrogens with one attached hydrogen (secondary N) is 2. The molecule has 6 nitrogen and oxygen atoms in total. The predicted octanol–water partition coefficient (Wildman–Crippen LogP) is 2.13. The predicted molar refractivity (Wildman–Crippen MR) is 104 cm³/mol. The quantitative estimate of drug-likeness (QED) is 0.729. The Balaban J connectivity index is 1.91. The van der Waals surface area contributed by atoms with Crippen molar-refractivity contribution in [2.45, 2.75) is 32.7 Å². The van der Waals surface area contributed by atoms with E-state index in [1.165, 1.54) is 5.56 Å². The monoisotopic (exact) mass is 367 g/mol. The number of carbonyl (C=O) groups is 3. The van der Waals surface area contributed by atoms with E-state index in [2.05, 4.69) is 31.4 Å². The fraction of sp³-hybridized carbons (Fsp3) is 0.286. The molecule has 0 aliphatic heterocycles. The molecule has 0 aliphatic rings. The van der Waals surface area contributed by atoms with Crippen molar-refractivity contribution in [2.24, 2.45) is 5.73 Å². The van der Waals surface area contributed by atoms with Gasteiger partial charge in [-0.2, -0.15) is 0 Å². The zero-order valence-electron chi connectivity index (χ0n) is 15.8. The van der Waals surface area contributed by atoms with Crippen LogP contribution in [0.2, 0.25) is 0 Å². The van der Waals surface area contributed by atoms with Crippen LogP contribution in [0.3, 0.4) is 0 Å². The smallest absolute Gasteiger partial charge is 0.251 e. The molecule has 6 heteroatoms. The summed E-state index contributed by atoms with van der Waals surface area (Å²) in [5.74, 6) is -1.12. The van der Waals surface area contributed by atoms with Gasteiger partial charge in [0.1, 0.15) is 0 Å². The molecule has 0 spiro atoms. The minimum atomic E-state index is -0.599. The Kier molecular flexibility index (Phi) is 6.34. The number of amides is 3. The largest absolute Gasteiger partial charge is 0.368 e. The molecule has 0 bridgehead atoms. The minimum absolute atomic E-state index is 0.0421. The molecule has 0 atom stereocenters. The maximum absolute atomic E-state index is 12.3. The minimum Gasteiger partial charge on any atom is -0.368 e. The van der Waals surface area contributed by atoms with Gasteiger partial charge in [0.25, 0.3) is 11.8 Å². The first kappa shape index (κ1) is 20.2. The molecule has 27 heavy (non-hydrogen) atoms. The van der Waals surface area contributed by atoms with Crippen molar-refractivity contribution < 1.29 is 14.4 Å². The Morgan fingerprint density at radius 2 is 1.30 bits per heavy atom. The first-order valence-electron chi connectivity index (χ1n) is 8.71. The summed E-state index contributed by atoms with van der Waals surface area (Å²) in [7, 11) is 0. The average molecular weight is 367 g/mol. The lowest BCUT2D eigenvalue weighted by Gasteiger charge is -2.19. The van der Waals surface area contributed by atoms with Gasteiger partial charge in [-0.15, -0.1) is 0 Å². The molecule has 0 radical (unpaired) electrons. The van der Waals surface area contributed by atoms with E-state index in [9.17, 15) is 14.4 Å². The number of nitrogens with two attached hydrogens (primary N) is 1. The van der Waals surface area contributed by atoms with E-state index >= 15 is 0 Å². The summed E-state index contributed by atoms with van der Waals surface area (Å²) in [5.41, 5.74) is 8.09. The van der Waals surface area contributed by atoms with E-state index in [-0.39, 0.29) is 23.8 Å². The molecule has 2 rings (SSSR count). The van der Waals surface area contributed by atoms with Gasteiger partial charge in [0.05, 0.1) is 6.54 Å². The summed E-state index contributed by atoms with van der Waals surface area (Å²) < 4.78 is 0. The third-order valence-electron chi connectivity index (χ3n) is 4.11. The highest BCUT2D eigenvalue weighted by Crippen LogP contribution is 2.22. The van der Waals surface area contributed by atoms with Crippen molar-refractivity contribution in [3.05, 3.63) is 70.8 Å². The second-order valence-corrected chi connectivity index (χ2v) is 7.36. The molecule has 4 N–H and O–H groups in total. The highest BCUT2D eigenvalue weighted by Gasteiger charge is 2.14. The fourth-order valence-electron chi connectivity index (χ4n) is 2.45. The molecule has 0 heterocycles. The zero-order valence-corrected chi connectivity index (χ0v) is 15.8. The van der Waals surface area contributed by atoms with Gasteiger partial charge >= 0.3 is 0 Å². The number of hydrogen-bond donors (Lipinski definition) is 3. The van der Waals surface area contributed by atoms with Gasteiger partial charge in [0.15, 0.2) is 0 Å². The molecule has 0 saturated heterocycles. The molecule has 2 aromatic rings. The standard InChI is InChI=1S/C21H25N3O3/c1-21(2,3)17-10-8-16(9-11-17)19(26)23-12-14-4-6-15(7-5-14)20(27)24-13-18(22)25/h4-11H,12-13H2,1-3H3,(H2,22,25)(H,23,26)(H,24,27). The highest BCUT2D eigenvalue weighted by atomic mass is 16.2. The van der Waals surface area contributed by atoms with E-state index in [0.717, 1.165) is 5.56 Å². The van der Waals surface area contributed by atoms with E-state index in [1.54, 1.807) is 24.3 Å². The van der Waals surface area contributed by atoms with E-state index in [0.29, 0.717) is 17.7 Å². The average Bonchev–Trinajstić information content (AvgIpc) is 2.64. The lowest BCUT2D eigenvalue weighted by Crippen LogP contribution is -2.33. The van der Waals surface area contributed by atoms with Gasteiger partial charge in [-0.05, 0) is 40.8 Å². The number of primary amides is 1. The van der Waals surface area contributed by atoms with Crippen LogP contribution in [0.1, 0.15) is 52.6 Å². The number of benzene rings is 2. The van der Waals surface area contributed by atoms with Crippen LogP contribution in [0.25, 0.3) is 0 Å². The van der Waals surface area contributed by atoms with Crippen molar-refractivity contribution in [1.29, 1.82) is 0 Å². The fourth-order valence-corrected chi connectivity index (χ4v) is 2.45. The van der Waals surface area contributed by atoms with Crippen LogP contribution < -0.4 is 16.4 Å². The van der Waals surface area contributed by atoms with Crippen molar-refractivity contribution >= 4 is 17.7 Å². The number of rotatable bonds is 6. The van der Waals surface area contributed by atoms with Crippen molar-refractivity contribution in [3.8, 4) is 0 Å². The normalized spacial score (nSPS) is 10.9. The van der Waals surface area contributed by atoms with Crippen LogP contribution in [-0.4, -0.2) is 24.3 Å². The second-order valence-electron chi connectivity index (χ2n) is 7.36. The molecule has 142 valence electrons. The first-order chi connectivity index (χ1) is 12.7. The number of hydrogen-bond acceptors (Lipinski definition) is 3. The summed E-state index contributed by atoms with van der Waals surface area (Å²) in [6.45, 7) is 6.52. The van der Waals surface area contributed by atoms with Gasteiger partial charge < -0.3 is 16.4 Å². The molecule has 0 aliphatic carbocycles. The summed E-state index contributed by atoms with van der Waals surface area (Å²) in [5, 5.41) is 5.28. The van der Waals surface area contributed by atoms with Crippen molar-refractivity contribution in [2.75, 3.05) is 6.54 Å². The maximum atomic E-state index is 12.3. The number of carbonyl (C=O) groups excluding carboxylic acids is 3. The maximum Gasteiger partial charge on any atom is 0.251 e. The van der Waals surface area contributed by atoms with Crippen LogP contribution in [0.5, 0.6) is 0 Å². The molecule has 3 amide bonds. The topological polar surface area (TPSA) is 101 Å². The Hall–Kier alpha value is -3.15. The molecule has 0 saturated carbocycles. The molecule has 2 aromatic carbocycles. The Morgan fingerprint density at radius 1 is 0.815 bits per heavy atom. The third-order valence-corrected chi connectivity index (χ3v) is 4.11. The van der Waals surface area contributed by atoms with Crippen LogP contribution in [0.4, 0.5) is 0 Å². The van der Waals surface area contributed by atoms with Crippen LogP contribution in [-0.2, 0) is 16.8 Å². The van der Waals surface area contributed by atoms with Crippen LogP contribution >= 0.6 is 0 Å². The van der Waals surface area contributed by atoms with Crippen molar-refractivity contribution in [3.63, 3.8) is 0 Å². The highest BCUT2D eigenvalue weighted by molar-refractivity contribution is 5.96. The van der Waals surface area contributed by atoms with Gasteiger partial charge in [-0.3, -0.25) is 14.4 Å². The van der Waals surface area contributed by atoms with Crippen LogP contribution in [0.15, 0.2) is 48.5 Å². The van der Waals surface area contributed by atoms with Gasteiger partial charge in [-0.1, -0.05) is 45.0 Å². The summed E-state index contributed by atoms with van der Waals surface area (Å²) in [6.07, 6.45) is 0. The lowest BCUT2D eigenvalue weighted by molar-refractivity contribution is -0.117. The molecule has 0 aromatic heterocycles. The lowest BCUT2D eigenvalue weighted by atomic mass is 9.87. The third kappa shape index (κ3) is 5.95. The Morgan fingerprint density at radius 3 is 1.78 bits per heavy atom. The Labute approximate surface area is 159 Å². The van der Waals surface area contributed by atoms with Gasteiger partial charge in [0, 0.05) is 17.7 Å². The van der Waals surface area contributed by atoms with Crippen molar-refractivity contribution in [1.82, 2.24) is 10.6 Å². The van der Waals surface area contributed by atoms with E-state index in [1.807, 2.05) is 24.3 Å². The van der Waals surface area contributed by atoms with Crippen LogP contribution in [0, 0.1) is 0 Å². The summed E-state index contributed by atoms with van der Waals surface area (Å²) >= 11 is 0. The molecule has 0 unspecified atom stereocenters. The van der Waals surface area contributed by atoms with Gasteiger partial charge in [0.2, 0.25) is 5.91 Å². The molecular weight excluding hydrogens is 342 g/mol. The zero-order chi connectivity index (χ0) is 20.0. The second kappa shape index (κ2) is 8.49. The molecular formula is C21H25N3O3. The summed E-state index contributed by atoms with van der Waals surface area (Å²) in [4.78, 5) is 34.8. The summed E-state index contributed by atoms with van der Waals surface area (Å²) in [6, 6.07) is 14.4. The van der Waals surface area contributed by atoms with E-state index < -0.39 is 5.91 Å². The Bertz CT molecular complexity index is 819. The molecule has 0 fully saturated rings. The SMILES string of the molecule is CC(C)(C)c1ccc(C(=O)NCc2ccc(C(=O)NCC(N)=O)cc2)cc1. The first-order valence-corrected chi connectivity index (χ1v) is 8.71.